The summed E-state index contributed by atoms with van der Waals surface area (Å²) in [5.41, 5.74) is 2.88. The SMILES string of the molecule is CCOC(=O)c1[nH]c(C)c(C(=O)C(C)N(Cc2cccnc2)C(=O)c2ccc(Cl)cc2)c1C. The number of rotatable bonds is 8. The van der Waals surface area contributed by atoms with Gasteiger partial charge in [-0.3, -0.25) is 14.6 Å². The van der Waals surface area contributed by atoms with Crippen molar-refractivity contribution in [3.8, 4) is 0 Å². The Hall–Kier alpha value is -3.45. The van der Waals surface area contributed by atoms with Crippen molar-refractivity contribution in [2.75, 3.05) is 6.61 Å². The summed E-state index contributed by atoms with van der Waals surface area (Å²) in [6.07, 6.45) is 3.30. The van der Waals surface area contributed by atoms with E-state index in [4.69, 9.17) is 16.3 Å². The minimum Gasteiger partial charge on any atom is -0.461 e. The standard InChI is InChI=1S/C25H26ClN3O4/c1-5-33-25(32)22-15(2)21(16(3)28-22)23(30)17(4)29(14-18-7-6-12-27-13-18)24(31)19-8-10-20(26)11-9-19/h6-13,17,28H,5,14H2,1-4H3. The number of halogens is 1. The molecule has 2 aromatic heterocycles. The Balaban J connectivity index is 1.98. The maximum absolute atomic E-state index is 13.6. The molecule has 0 spiro atoms. The second kappa shape index (κ2) is 10.4. The largest absolute Gasteiger partial charge is 0.461 e. The van der Waals surface area contributed by atoms with Gasteiger partial charge in [-0.25, -0.2) is 4.79 Å². The second-order valence-corrected chi connectivity index (χ2v) is 8.12. The van der Waals surface area contributed by atoms with E-state index in [0.717, 1.165) is 5.56 Å². The van der Waals surface area contributed by atoms with Crippen LogP contribution in [0.15, 0.2) is 48.8 Å². The lowest BCUT2D eigenvalue weighted by molar-refractivity contribution is 0.0518. The summed E-state index contributed by atoms with van der Waals surface area (Å²) < 4.78 is 5.09. The van der Waals surface area contributed by atoms with Crippen LogP contribution in [0.25, 0.3) is 0 Å². The summed E-state index contributed by atoms with van der Waals surface area (Å²) in [5, 5.41) is 0.513. The average Bonchev–Trinajstić information content (AvgIpc) is 3.11. The van der Waals surface area contributed by atoms with E-state index in [0.29, 0.717) is 27.4 Å². The number of hydrogen-bond acceptors (Lipinski definition) is 5. The van der Waals surface area contributed by atoms with Gasteiger partial charge in [-0.15, -0.1) is 0 Å². The first-order valence-corrected chi connectivity index (χ1v) is 11.0. The van der Waals surface area contributed by atoms with Gasteiger partial charge in [0, 0.05) is 40.8 Å². The third kappa shape index (κ3) is 5.31. The van der Waals surface area contributed by atoms with Gasteiger partial charge in [-0.1, -0.05) is 17.7 Å². The van der Waals surface area contributed by atoms with Crippen molar-refractivity contribution in [1.29, 1.82) is 0 Å². The molecule has 0 radical (unpaired) electrons. The molecular formula is C25H26ClN3O4. The third-order valence-electron chi connectivity index (χ3n) is 5.44. The minimum atomic E-state index is -0.809. The van der Waals surface area contributed by atoms with Crippen LogP contribution >= 0.6 is 11.6 Å². The van der Waals surface area contributed by atoms with Crippen LogP contribution in [-0.4, -0.2) is 45.2 Å². The monoisotopic (exact) mass is 467 g/mol. The van der Waals surface area contributed by atoms with E-state index in [1.807, 2.05) is 6.07 Å². The van der Waals surface area contributed by atoms with Gasteiger partial charge < -0.3 is 14.6 Å². The van der Waals surface area contributed by atoms with Crippen LogP contribution in [0.5, 0.6) is 0 Å². The topological polar surface area (TPSA) is 92.4 Å². The van der Waals surface area contributed by atoms with Crippen molar-refractivity contribution in [2.24, 2.45) is 0 Å². The highest BCUT2D eigenvalue weighted by molar-refractivity contribution is 6.30. The lowest BCUT2D eigenvalue weighted by Gasteiger charge is -2.29. The molecule has 0 aliphatic rings. The highest BCUT2D eigenvalue weighted by Crippen LogP contribution is 2.24. The molecular weight excluding hydrogens is 442 g/mol. The fourth-order valence-electron chi connectivity index (χ4n) is 3.71. The molecule has 3 aromatic rings. The smallest absolute Gasteiger partial charge is 0.355 e. The van der Waals surface area contributed by atoms with E-state index < -0.39 is 12.0 Å². The number of ketones is 1. The molecule has 1 atom stereocenters. The Morgan fingerprint density at radius 2 is 1.85 bits per heavy atom. The average molecular weight is 468 g/mol. The number of aromatic nitrogens is 2. The molecule has 1 aromatic carbocycles. The van der Waals surface area contributed by atoms with Crippen LogP contribution in [0.4, 0.5) is 0 Å². The molecule has 1 unspecified atom stereocenters. The summed E-state index contributed by atoms with van der Waals surface area (Å²) in [5.74, 6) is -1.11. The maximum atomic E-state index is 13.6. The van der Waals surface area contributed by atoms with Crippen LogP contribution in [0.3, 0.4) is 0 Å². The first-order valence-electron chi connectivity index (χ1n) is 10.6. The molecule has 33 heavy (non-hydrogen) atoms. The van der Waals surface area contributed by atoms with E-state index in [2.05, 4.69) is 9.97 Å². The molecule has 1 N–H and O–H groups in total. The van der Waals surface area contributed by atoms with E-state index in [9.17, 15) is 14.4 Å². The van der Waals surface area contributed by atoms with Crippen molar-refractivity contribution in [2.45, 2.75) is 40.3 Å². The van der Waals surface area contributed by atoms with E-state index >= 15 is 0 Å². The molecule has 0 aliphatic heterocycles. The minimum absolute atomic E-state index is 0.190. The van der Waals surface area contributed by atoms with E-state index in [1.165, 1.54) is 4.90 Å². The van der Waals surface area contributed by atoms with Gasteiger partial charge in [-0.05, 0) is 69.2 Å². The van der Waals surface area contributed by atoms with Crippen molar-refractivity contribution in [3.05, 3.63) is 87.5 Å². The number of nitrogens with one attached hydrogen (secondary N) is 1. The van der Waals surface area contributed by atoms with Gasteiger partial charge in [0.2, 0.25) is 0 Å². The Kier molecular flexibility index (Phi) is 7.66. The van der Waals surface area contributed by atoms with Gasteiger partial charge >= 0.3 is 5.97 Å². The van der Waals surface area contributed by atoms with Crippen LogP contribution in [0, 0.1) is 13.8 Å². The summed E-state index contributed by atoms with van der Waals surface area (Å²) in [7, 11) is 0. The van der Waals surface area contributed by atoms with E-state index in [1.54, 1.807) is 70.4 Å². The van der Waals surface area contributed by atoms with Crippen molar-refractivity contribution in [1.82, 2.24) is 14.9 Å². The number of nitrogens with zero attached hydrogens (tertiary/aromatic N) is 2. The number of amides is 1. The molecule has 172 valence electrons. The number of carbonyl (C=O) groups excluding carboxylic acids is 3. The molecule has 7 nitrogen and oxygen atoms in total. The Morgan fingerprint density at radius 1 is 1.15 bits per heavy atom. The van der Waals surface area contributed by atoms with Gasteiger partial charge in [0.1, 0.15) is 5.69 Å². The zero-order valence-corrected chi connectivity index (χ0v) is 19.8. The Morgan fingerprint density at radius 3 is 2.45 bits per heavy atom. The van der Waals surface area contributed by atoms with Crippen molar-refractivity contribution < 1.29 is 19.1 Å². The highest BCUT2D eigenvalue weighted by atomic mass is 35.5. The molecule has 1 amide bonds. The number of pyridine rings is 1. The number of carbonyl (C=O) groups is 3. The first kappa shape index (κ1) is 24.2. The number of H-pyrrole nitrogens is 1. The molecule has 8 heteroatoms. The number of esters is 1. The van der Waals surface area contributed by atoms with Gasteiger partial charge in [-0.2, -0.15) is 0 Å². The van der Waals surface area contributed by atoms with Crippen molar-refractivity contribution in [3.63, 3.8) is 0 Å². The quantitative estimate of drug-likeness (QED) is 0.380. The molecule has 0 fully saturated rings. The molecule has 2 heterocycles. The van der Waals surface area contributed by atoms with Crippen LogP contribution in [0.1, 0.15) is 61.9 Å². The fourth-order valence-corrected chi connectivity index (χ4v) is 3.83. The fraction of sp³-hybridized carbons (Fsp3) is 0.280. The summed E-state index contributed by atoms with van der Waals surface area (Å²) in [4.78, 5) is 47.9. The lowest BCUT2D eigenvalue weighted by atomic mass is 9.99. The normalized spacial score (nSPS) is 11.7. The summed E-state index contributed by atoms with van der Waals surface area (Å²) in [6, 6.07) is 9.34. The van der Waals surface area contributed by atoms with Crippen LogP contribution < -0.4 is 0 Å². The predicted molar refractivity (Wildman–Crippen MR) is 126 cm³/mol. The molecule has 0 aliphatic carbocycles. The predicted octanol–water partition coefficient (Wildman–Crippen LogP) is 4.77. The number of hydrogen-bond donors (Lipinski definition) is 1. The molecule has 0 bridgehead atoms. The zero-order valence-electron chi connectivity index (χ0n) is 19.0. The molecule has 0 saturated heterocycles. The number of aryl methyl sites for hydroxylation is 1. The maximum Gasteiger partial charge on any atom is 0.355 e. The zero-order chi connectivity index (χ0) is 24.1. The van der Waals surface area contributed by atoms with Gasteiger partial charge in [0.05, 0.1) is 12.6 Å². The number of Topliss-reactive ketones (excluding diaryl/α,β-unsaturated/α-hetero) is 1. The molecule has 0 saturated carbocycles. The Bertz CT molecular complexity index is 1160. The van der Waals surface area contributed by atoms with Crippen LogP contribution in [0.2, 0.25) is 5.02 Å². The number of aromatic amines is 1. The highest BCUT2D eigenvalue weighted by Gasteiger charge is 2.32. The van der Waals surface area contributed by atoms with Gasteiger partial charge in [0.15, 0.2) is 5.78 Å². The van der Waals surface area contributed by atoms with Crippen LogP contribution in [-0.2, 0) is 11.3 Å². The van der Waals surface area contributed by atoms with Gasteiger partial charge in [0.25, 0.3) is 5.91 Å². The summed E-state index contributed by atoms with van der Waals surface area (Å²) >= 11 is 5.98. The summed E-state index contributed by atoms with van der Waals surface area (Å²) in [6.45, 7) is 7.24. The first-order chi connectivity index (χ1) is 15.7. The van der Waals surface area contributed by atoms with Crippen molar-refractivity contribution >= 4 is 29.3 Å². The van der Waals surface area contributed by atoms with E-state index in [-0.39, 0.29) is 30.5 Å². The molecule has 3 rings (SSSR count). The third-order valence-corrected chi connectivity index (χ3v) is 5.69. The number of benzene rings is 1. The number of ether oxygens (including phenoxy) is 1. The second-order valence-electron chi connectivity index (χ2n) is 7.69. The Labute approximate surface area is 197 Å². The lowest BCUT2D eigenvalue weighted by Crippen LogP contribution is -2.43.